The number of amides is 2. The van der Waals surface area contributed by atoms with Crippen LogP contribution in [0.3, 0.4) is 0 Å². The first-order valence-corrected chi connectivity index (χ1v) is 11.1. The summed E-state index contributed by atoms with van der Waals surface area (Å²) in [5, 5.41) is 13.0. The number of carbonyl (C=O) groups is 3. The van der Waals surface area contributed by atoms with Crippen LogP contribution in [0.5, 0.6) is 0 Å². The van der Waals surface area contributed by atoms with E-state index in [1.165, 1.54) is 4.90 Å². The van der Waals surface area contributed by atoms with Crippen LogP contribution in [0.15, 0.2) is 0 Å². The van der Waals surface area contributed by atoms with E-state index >= 15 is 0 Å². The fourth-order valence-electron chi connectivity index (χ4n) is 5.91. The quantitative estimate of drug-likeness (QED) is 0.593. The highest BCUT2D eigenvalue weighted by molar-refractivity contribution is 5.98. The number of rotatable bonds is 7. The Labute approximate surface area is 178 Å². The second-order valence-corrected chi connectivity index (χ2v) is 9.86. The van der Waals surface area contributed by atoms with Gasteiger partial charge in [0.05, 0.1) is 30.8 Å². The van der Waals surface area contributed by atoms with Crippen LogP contribution in [0, 0.1) is 23.7 Å². The zero-order valence-electron chi connectivity index (χ0n) is 19.1. The Morgan fingerprint density at radius 3 is 2.47 bits per heavy atom. The molecule has 3 unspecified atom stereocenters. The molecule has 30 heavy (non-hydrogen) atoms. The zero-order valence-corrected chi connectivity index (χ0v) is 19.1. The van der Waals surface area contributed by atoms with Gasteiger partial charge in [0.2, 0.25) is 11.8 Å². The van der Waals surface area contributed by atoms with Crippen molar-refractivity contribution in [1.82, 2.24) is 10.2 Å². The topological polar surface area (TPSA) is 105 Å². The summed E-state index contributed by atoms with van der Waals surface area (Å²) in [6, 6.07) is -1.57. The molecule has 0 aromatic rings. The van der Waals surface area contributed by atoms with E-state index in [0.29, 0.717) is 6.42 Å². The number of likely N-dealkylation sites (tertiary alicyclic amines) is 1. The Bertz CT molecular complexity index is 724. The Balaban J connectivity index is 2.15. The molecule has 3 heterocycles. The first-order valence-electron chi connectivity index (χ1n) is 11.1. The second kappa shape index (κ2) is 7.79. The summed E-state index contributed by atoms with van der Waals surface area (Å²) >= 11 is 0. The smallest absolute Gasteiger partial charge is 0.312 e. The molecular weight excluding hydrogens is 388 g/mol. The van der Waals surface area contributed by atoms with Gasteiger partial charge in [0.1, 0.15) is 17.6 Å². The average Bonchev–Trinajstić information content (AvgIpc) is 3.13. The van der Waals surface area contributed by atoms with Crippen molar-refractivity contribution in [3.05, 3.63) is 0 Å². The number of esters is 1. The molecule has 1 spiro atoms. The van der Waals surface area contributed by atoms with Crippen molar-refractivity contribution in [3.8, 4) is 0 Å². The summed E-state index contributed by atoms with van der Waals surface area (Å²) in [5.41, 5.74) is -1.98. The number of nitrogens with zero attached hydrogens (tertiary/aromatic N) is 1. The largest absolute Gasteiger partial charge is 0.466 e. The maximum absolute atomic E-state index is 13.8. The van der Waals surface area contributed by atoms with E-state index in [2.05, 4.69) is 5.32 Å². The molecule has 2 bridgehead atoms. The molecule has 0 saturated carbocycles. The Hall–Kier alpha value is -1.67. The predicted molar refractivity (Wildman–Crippen MR) is 109 cm³/mol. The van der Waals surface area contributed by atoms with Crippen LogP contribution in [0.25, 0.3) is 0 Å². The Morgan fingerprint density at radius 1 is 1.33 bits per heavy atom. The van der Waals surface area contributed by atoms with Crippen molar-refractivity contribution < 1.29 is 29.0 Å². The number of nitrogens with one attached hydrogen (secondary N) is 1. The monoisotopic (exact) mass is 424 g/mol. The number of ether oxygens (including phenoxy) is 2. The highest BCUT2D eigenvalue weighted by Gasteiger charge is 2.80. The summed E-state index contributed by atoms with van der Waals surface area (Å²) < 4.78 is 11.9. The number of hydrogen-bond donors (Lipinski definition) is 2. The highest BCUT2D eigenvalue weighted by atomic mass is 16.6. The molecule has 2 amide bonds. The van der Waals surface area contributed by atoms with Crippen molar-refractivity contribution in [2.75, 3.05) is 13.2 Å². The van der Waals surface area contributed by atoms with Crippen molar-refractivity contribution in [2.45, 2.75) is 84.2 Å². The normalized spacial score (nSPS) is 38.3. The fourth-order valence-corrected chi connectivity index (χ4v) is 5.91. The molecule has 3 aliphatic heterocycles. The van der Waals surface area contributed by atoms with Crippen LogP contribution in [0.4, 0.5) is 0 Å². The molecule has 0 aliphatic carbocycles. The van der Waals surface area contributed by atoms with Gasteiger partial charge in [-0.1, -0.05) is 20.8 Å². The van der Waals surface area contributed by atoms with Gasteiger partial charge in [-0.15, -0.1) is 0 Å². The SMILES string of the molecule is CCOC(=O)[C@H]1[C@H]2C(=O)N([C@@H](CO)C(C)C)C(C(=O)NC(C)C)C23CC(C)[C@]1(C)O3. The van der Waals surface area contributed by atoms with Crippen molar-refractivity contribution >= 4 is 17.8 Å². The van der Waals surface area contributed by atoms with Gasteiger partial charge in [-0.3, -0.25) is 14.4 Å². The van der Waals surface area contributed by atoms with Crippen LogP contribution >= 0.6 is 0 Å². The highest BCUT2D eigenvalue weighted by Crippen LogP contribution is 2.65. The van der Waals surface area contributed by atoms with E-state index in [4.69, 9.17) is 9.47 Å². The Morgan fingerprint density at radius 2 is 1.97 bits per heavy atom. The van der Waals surface area contributed by atoms with Crippen LogP contribution in [0.2, 0.25) is 0 Å². The van der Waals surface area contributed by atoms with Gasteiger partial charge in [0.15, 0.2) is 0 Å². The van der Waals surface area contributed by atoms with Gasteiger partial charge in [-0.25, -0.2) is 0 Å². The molecular formula is C22H36N2O6. The van der Waals surface area contributed by atoms with Gasteiger partial charge in [0, 0.05) is 6.04 Å². The van der Waals surface area contributed by atoms with Crippen LogP contribution < -0.4 is 5.32 Å². The molecule has 8 heteroatoms. The lowest BCUT2D eigenvalue weighted by Gasteiger charge is -2.38. The molecule has 3 fully saturated rings. The molecule has 8 nitrogen and oxygen atoms in total. The minimum absolute atomic E-state index is 0.0307. The van der Waals surface area contributed by atoms with Crippen LogP contribution in [0.1, 0.15) is 54.9 Å². The third-order valence-corrected chi connectivity index (χ3v) is 7.29. The molecule has 3 saturated heterocycles. The third kappa shape index (κ3) is 3.06. The molecule has 7 atom stereocenters. The number of aliphatic hydroxyl groups excluding tert-OH is 1. The molecule has 3 aliphatic rings. The average molecular weight is 425 g/mol. The summed E-state index contributed by atoms with van der Waals surface area (Å²) in [4.78, 5) is 41.7. The first kappa shape index (κ1) is 23.0. The zero-order chi connectivity index (χ0) is 22.6. The van der Waals surface area contributed by atoms with Crippen molar-refractivity contribution in [2.24, 2.45) is 23.7 Å². The summed E-state index contributed by atoms with van der Waals surface area (Å²) in [5.74, 6) is -2.75. The maximum atomic E-state index is 13.8. The van der Waals surface area contributed by atoms with E-state index in [1.54, 1.807) is 6.92 Å². The minimum Gasteiger partial charge on any atom is -0.466 e. The lowest BCUT2D eigenvalue weighted by atomic mass is 9.62. The Kier molecular flexibility index (Phi) is 5.97. The molecule has 170 valence electrons. The molecule has 0 radical (unpaired) electrons. The number of hydrogen-bond acceptors (Lipinski definition) is 6. The lowest BCUT2D eigenvalue weighted by molar-refractivity contribution is -0.162. The van der Waals surface area contributed by atoms with E-state index in [1.807, 2.05) is 41.5 Å². The molecule has 0 aromatic heterocycles. The van der Waals surface area contributed by atoms with Gasteiger partial charge >= 0.3 is 5.97 Å². The number of aliphatic hydroxyl groups is 1. The number of carbonyl (C=O) groups excluding carboxylic acids is 3. The molecule has 0 aromatic carbocycles. The van der Waals surface area contributed by atoms with Crippen molar-refractivity contribution in [3.63, 3.8) is 0 Å². The fraction of sp³-hybridized carbons (Fsp3) is 0.864. The maximum Gasteiger partial charge on any atom is 0.312 e. The van der Waals surface area contributed by atoms with Gasteiger partial charge < -0.3 is 24.8 Å². The summed E-state index contributed by atoms with van der Waals surface area (Å²) in [6.45, 7) is 13.0. The van der Waals surface area contributed by atoms with Crippen LogP contribution in [-0.4, -0.2) is 70.3 Å². The van der Waals surface area contributed by atoms with E-state index in [9.17, 15) is 19.5 Å². The number of fused-ring (bicyclic) bond motifs is 1. The van der Waals surface area contributed by atoms with Gasteiger partial charge in [0.25, 0.3) is 0 Å². The second-order valence-electron chi connectivity index (χ2n) is 9.86. The standard InChI is InChI=1S/C22H36N2O6/c1-8-29-20(28)16-15-19(27)24(14(10-25)11(2)3)17(18(26)23-12(4)5)22(15)9-13(6)21(16,7)30-22/h11-17,25H,8-10H2,1-7H3,(H,23,26)/t13?,14-,15-,16+,17?,21-,22?/m0/s1. The first-order chi connectivity index (χ1) is 14.0. The van der Waals surface area contributed by atoms with E-state index in [0.717, 1.165) is 0 Å². The summed E-state index contributed by atoms with van der Waals surface area (Å²) in [7, 11) is 0. The van der Waals surface area contributed by atoms with Gasteiger partial charge in [-0.2, -0.15) is 0 Å². The lowest BCUT2D eigenvalue weighted by Crippen LogP contribution is -2.59. The molecule has 3 rings (SSSR count). The van der Waals surface area contributed by atoms with Gasteiger partial charge in [-0.05, 0) is 46.0 Å². The predicted octanol–water partition coefficient (Wildman–Crippen LogP) is 1.10. The third-order valence-electron chi connectivity index (χ3n) is 7.29. The van der Waals surface area contributed by atoms with E-state index < -0.39 is 41.1 Å². The minimum atomic E-state index is -1.11. The van der Waals surface area contributed by atoms with Crippen LogP contribution in [-0.2, 0) is 23.9 Å². The summed E-state index contributed by atoms with van der Waals surface area (Å²) in [6.07, 6.45) is 0.499. The molecule has 2 N–H and O–H groups in total. The van der Waals surface area contributed by atoms with Crippen molar-refractivity contribution in [1.29, 1.82) is 0 Å². The van der Waals surface area contributed by atoms with E-state index in [-0.39, 0.29) is 42.9 Å².